The quantitative estimate of drug-likeness (QED) is 0.663. The lowest BCUT2D eigenvalue weighted by molar-refractivity contribution is -0.128. The van der Waals surface area contributed by atoms with Crippen molar-refractivity contribution in [3.05, 3.63) is 25.3 Å². The monoisotopic (exact) mass is 179 g/mol. The third-order valence-corrected chi connectivity index (χ3v) is 2.49. The summed E-state index contributed by atoms with van der Waals surface area (Å²) in [6.45, 7) is 8.93. The third kappa shape index (κ3) is 2.52. The van der Waals surface area contributed by atoms with E-state index in [1.54, 1.807) is 0 Å². The van der Waals surface area contributed by atoms with E-state index >= 15 is 0 Å². The van der Waals surface area contributed by atoms with Gasteiger partial charge in [-0.05, 0) is 12.8 Å². The van der Waals surface area contributed by atoms with Crippen molar-refractivity contribution in [2.24, 2.45) is 11.8 Å². The van der Waals surface area contributed by atoms with E-state index < -0.39 is 0 Å². The zero-order chi connectivity index (χ0) is 9.68. The topological polar surface area (TPSA) is 29.1 Å². The van der Waals surface area contributed by atoms with Crippen molar-refractivity contribution in [2.45, 2.75) is 12.8 Å². The van der Waals surface area contributed by atoms with Crippen LogP contribution in [0.3, 0.4) is 0 Å². The highest BCUT2D eigenvalue weighted by atomic mass is 16.1. The molecule has 1 aliphatic heterocycles. The number of piperidine rings is 1. The number of Topliss-reactive ketones (excluding diaryl/α,β-unsaturated/α-hetero) is 1. The van der Waals surface area contributed by atoms with Crippen LogP contribution in [0.5, 0.6) is 0 Å². The van der Waals surface area contributed by atoms with E-state index in [9.17, 15) is 4.79 Å². The Morgan fingerprint density at radius 2 is 1.69 bits per heavy atom. The molecule has 2 heteroatoms. The van der Waals surface area contributed by atoms with Gasteiger partial charge < -0.3 is 5.32 Å². The summed E-state index contributed by atoms with van der Waals surface area (Å²) in [4.78, 5) is 11.8. The Bertz CT molecular complexity index is 190. The average molecular weight is 179 g/mol. The number of ketones is 1. The average Bonchev–Trinajstić information content (AvgIpc) is 2.13. The molecule has 72 valence electrons. The van der Waals surface area contributed by atoms with Crippen molar-refractivity contribution in [1.82, 2.24) is 5.32 Å². The van der Waals surface area contributed by atoms with E-state index in [0.717, 1.165) is 25.9 Å². The van der Waals surface area contributed by atoms with E-state index in [2.05, 4.69) is 18.5 Å². The summed E-state index contributed by atoms with van der Waals surface area (Å²) < 4.78 is 0. The molecular formula is C11H17NO. The van der Waals surface area contributed by atoms with Crippen molar-refractivity contribution < 1.29 is 4.79 Å². The van der Waals surface area contributed by atoms with E-state index in [4.69, 9.17) is 0 Å². The standard InChI is InChI=1S/C11H17NO/c1-3-5-9-7-12-8-10(6-4-2)11(9)13/h3-4,9-10,12H,1-2,5-8H2. The van der Waals surface area contributed by atoms with Gasteiger partial charge in [-0.3, -0.25) is 4.79 Å². The molecule has 1 N–H and O–H groups in total. The van der Waals surface area contributed by atoms with Crippen LogP contribution in [0.15, 0.2) is 25.3 Å². The summed E-state index contributed by atoms with van der Waals surface area (Å²) in [6.07, 6.45) is 5.22. The number of hydrogen-bond acceptors (Lipinski definition) is 2. The van der Waals surface area contributed by atoms with Crippen molar-refractivity contribution in [3.8, 4) is 0 Å². The molecule has 0 radical (unpaired) electrons. The van der Waals surface area contributed by atoms with Gasteiger partial charge in [0.1, 0.15) is 5.78 Å². The minimum absolute atomic E-state index is 0.135. The molecule has 0 bridgehead atoms. The van der Waals surface area contributed by atoms with Gasteiger partial charge in [-0.15, -0.1) is 13.2 Å². The lowest BCUT2D eigenvalue weighted by atomic mass is 9.85. The Balaban J connectivity index is 2.54. The molecule has 0 aromatic heterocycles. The van der Waals surface area contributed by atoms with Crippen LogP contribution in [-0.2, 0) is 4.79 Å². The molecule has 0 saturated carbocycles. The van der Waals surface area contributed by atoms with Crippen LogP contribution in [0.2, 0.25) is 0 Å². The molecular weight excluding hydrogens is 162 g/mol. The molecule has 0 aromatic carbocycles. The van der Waals surface area contributed by atoms with Gasteiger partial charge >= 0.3 is 0 Å². The van der Waals surface area contributed by atoms with Crippen LogP contribution in [0.25, 0.3) is 0 Å². The van der Waals surface area contributed by atoms with E-state index in [0.29, 0.717) is 5.78 Å². The summed E-state index contributed by atoms with van der Waals surface area (Å²) in [5.74, 6) is 0.644. The zero-order valence-corrected chi connectivity index (χ0v) is 7.96. The molecule has 1 saturated heterocycles. The molecule has 2 unspecified atom stereocenters. The van der Waals surface area contributed by atoms with Crippen molar-refractivity contribution in [3.63, 3.8) is 0 Å². The normalized spacial score (nSPS) is 28.5. The molecule has 0 amide bonds. The molecule has 13 heavy (non-hydrogen) atoms. The Kier molecular flexibility index (Phi) is 3.90. The van der Waals surface area contributed by atoms with Crippen molar-refractivity contribution in [1.29, 1.82) is 0 Å². The van der Waals surface area contributed by atoms with Gasteiger partial charge in [0.2, 0.25) is 0 Å². The lowest BCUT2D eigenvalue weighted by Gasteiger charge is -2.27. The Labute approximate surface area is 79.7 Å². The number of carbonyl (C=O) groups is 1. The molecule has 2 nitrogen and oxygen atoms in total. The van der Waals surface area contributed by atoms with Gasteiger partial charge in [-0.2, -0.15) is 0 Å². The predicted molar refractivity (Wildman–Crippen MR) is 54.5 cm³/mol. The number of rotatable bonds is 4. The first kappa shape index (κ1) is 10.2. The zero-order valence-electron chi connectivity index (χ0n) is 7.96. The maximum Gasteiger partial charge on any atom is 0.142 e. The van der Waals surface area contributed by atoms with Crippen LogP contribution in [0, 0.1) is 11.8 Å². The Morgan fingerprint density at radius 1 is 1.23 bits per heavy atom. The first-order valence-corrected chi connectivity index (χ1v) is 4.75. The fourth-order valence-corrected chi connectivity index (χ4v) is 1.77. The fourth-order valence-electron chi connectivity index (χ4n) is 1.77. The number of carbonyl (C=O) groups excluding carboxylic acids is 1. The minimum atomic E-state index is 0.135. The maximum absolute atomic E-state index is 11.8. The summed E-state index contributed by atoms with van der Waals surface area (Å²) >= 11 is 0. The van der Waals surface area contributed by atoms with Crippen LogP contribution in [-0.4, -0.2) is 18.9 Å². The first-order chi connectivity index (χ1) is 6.29. The predicted octanol–water partition coefficient (Wildman–Crippen LogP) is 1.54. The largest absolute Gasteiger partial charge is 0.315 e. The van der Waals surface area contributed by atoms with Crippen LogP contribution in [0.4, 0.5) is 0 Å². The maximum atomic E-state index is 11.8. The van der Waals surface area contributed by atoms with Gasteiger partial charge in [0, 0.05) is 24.9 Å². The number of hydrogen-bond donors (Lipinski definition) is 1. The van der Waals surface area contributed by atoms with E-state index in [1.807, 2.05) is 12.2 Å². The first-order valence-electron chi connectivity index (χ1n) is 4.75. The van der Waals surface area contributed by atoms with Crippen molar-refractivity contribution >= 4 is 5.78 Å². The van der Waals surface area contributed by atoms with Gasteiger partial charge in [0.15, 0.2) is 0 Å². The fraction of sp³-hybridized carbons (Fsp3) is 0.545. The van der Waals surface area contributed by atoms with Gasteiger partial charge in [-0.1, -0.05) is 12.2 Å². The molecule has 1 aliphatic rings. The number of allylic oxidation sites excluding steroid dienone is 2. The third-order valence-electron chi connectivity index (χ3n) is 2.49. The minimum Gasteiger partial charge on any atom is -0.315 e. The van der Waals surface area contributed by atoms with Gasteiger partial charge in [0.05, 0.1) is 0 Å². The lowest BCUT2D eigenvalue weighted by Crippen LogP contribution is -2.43. The molecule has 1 heterocycles. The highest BCUT2D eigenvalue weighted by molar-refractivity contribution is 5.84. The van der Waals surface area contributed by atoms with E-state index in [1.165, 1.54) is 0 Å². The molecule has 0 spiro atoms. The molecule has 1 rings (SSSR count). The summed E-state index contributed by atoms with van der Waals surface area (Å²) in [5.41, 5.74) is 0. The Hall–Kier alpha value is -0.890. The Morgan fingerprint density at radius 3 is 2.08 bits per heavy atom. The summed E-state index contributed by atoms with van der Waals surface area (Å²) in [5, 5.41) is 3.27. The second-order valence-corrected chi connectivity index (χ2v) is 3.50. The second kappa shape index (κ2) is 4.97. The molecule has 1 fully saturated rings. The van der Waals surface area contributed by atoms with Crippen molar-refractivity contribution in [2.75, 3.05) is 13.1 Å². The van der Waals surface area contributed by atoms with E-state index in [-0.39, 0.29) is 11.8 Å². The van der Waals surface area contributed by atoms with Gasteiger partial charge in [0.25, 0.3) is 0 Å². The summed E-state index contributed by atoms with van der Waals surface area (Å²) in [6, 6.07) is 0. The smallest absolute Gasteiger partial charge is 0.142 e. The van der Waals surface area contributed by atoms with Crippen LogP contribution >= 0.6 is 0 Å². The molecule has 0 aromatic rings. The number of nitrogens with one attached hydrogen (secondary N) is 1. The second-order valence-electron chi connectivity index (χ2n) is 3.50. The SMILES string of the molecule is C=CCC1CNCC(CC=C)C1=O. The van der Waals surface area contributed by atoms with Crippen LogP contribution < -0.4 is 5.32 Å². The highest BCUT2D eigenvalue weighted by Crippen LogP contribution is 2.18. The molecule has 0 aliphatic carbocycles. The molecule has 2 atom stereocenters. The highest BCUT2D eigenvalue weighted by Gasteiger charge is 2.28. The van der Waals surface area contributed by atoms with Crippen LogP contribution in [0.1, 0.15) is 12.8 Å². The summed E-state index contributed by atoms with van der Waals surface area (Å²) in [7, 11) is 0. The van der Waals surface area contributed by atoms with Gasteiger partial charge in [-0.25, -0.2) is 0 Å².